The molecular weight excluding hydrogens is 366 g/mol. The molecule has 1 saturated carbocycles. The molecular formula is C22H31N5O2. The molecule has 1 aliphatic heterocycles. The highest BCUT2D eigenvalue weighted by atomic mass is 16.5. The Kier molecular flexibility index (Phi) is 7.48. The minimum atomic E-state index is 0.0464. The number of nitrogens with one attached hydrogen (secondary N) is 2. The molecule has 0 saturated heterocycles. The number of nitrogens with zero attached hydrogens (tertiary/aromatic N) is 3. The molecule has 0 bridgehead atoms. The summed E-state index contributed by atoms with van der Waals surface area (Å²) in [5.41, 5.74) is 1.67. The Morgan fingerprint density at radius 1 is 1.28 bits per heavy atom. The molecule has 7 heteroatoms. The summed E-state index contributed by atoms with van der Waals surface area (Å²) < 4.78 is 5.42. The van der Waals surface area contributed by atoms with Crippen molar-refractivity contribution in [3.63, 3.8) is 0 Å². The summed E-state index contributed by atoms with van der Waals surface area (Å²) in [6, 6.07) is 0.296. The number of allylic oxidation sites excluding steroid dienone is 1. The number of aliphatic hydroxyl groups is 1. The Labute approximate surface area is 173 Å². The van der Waals surface area contributed by atoms with Crippen LogP contribution in [-0.2, 0) is 4.74 Å². The second-order valence-corrected chi connectivity index (χ2v) is 7.45. The standard InChI is InChI=1S/C22H31N5O2/c1-4-23-22-25-15(3)19(10-7-16-8-11-20(24-13-16)29-5-2)21(27-22)26-18-9-6-17(12-18)14-28/h11,13,16-18,28H,4-6,8-9,12,14H2,1-3H3,(H2,23,25,26,27)/t16?,17-,18+/m1/s1. The Morgan fingerprint density at radius 2 is 2.14 bits per heavy atom. The van der Waals surface area contributed by atoms with Crippen LogP contribution in [0.15, 0.2) is 17.0 Å². The number of ether oxygens (including phenoxy) is 1. The molecule has 29 heavy (non-hydrogen) atoms. The van der Waals surface area contributed by atoms with E-state index in [-0.39, 0.29) is 12.5 Å². The molecule has 156 valence electrons. The number of anilines is 2. The van der Waals surface area contributed by atoms with Gasteiger partial charge < -0.3 is 20.5 Å². The Balaban J connectivity index is 1.80. The van der Waals surface area contributed by atoms with Crippen molar-refractivity contribution in [2.75, 3.05) is 30.4 Å². The fraction of sp³-hybridized carbons (Fsp3) is 0.591. The zero-order chi connectivity index (χ0) is 20.6. The van der Waals surface area contributed by atoms with E-state index in [1.165, 1.54) is 0 Å². The van der Waals surface area contributed by atoms with Gasteiger partial charge in [-0.15, -0.1) is 0 Å². The number of hydrogen-bond donors (Lipinski definition) is 3. The highest BCUT2D eigenvalue weighted by Gasteiger charge is 2.25. The Hall–Kier alpha value is -2.59. The summed E-state index contributed by atoms with van der Waals surface area (Å²) in [5.74, 6) is 9.04. The van der Waals surface area contributed by atoms with E-state index in [9.17, 15) is 5.11 Å². The molecule has 2 heterocycles. The van der Waals surface area contributed by atoms with Crippen molar-refractivity contribution in [3.8, 4) is 11.8 Å². The summed E-state index contributed by atoms with van der Waals surface area (Å²) in [7, 11) is 0. The van der Waals surface area contributed by atoms with Gasteiger partial charge in [-0.25, -0.2) is 9.98 Å². The third-order valence-electron chi connectivity index (χ3n) is 5.17. The van der Waals surface area contributed by atoms with Crippen molar-refractivity contribution in [1.82, 2.24) is 9.97 Å². The minimum Gasteiger partial charge on any atom is -0.478 e. The van der Waals surface area contributed by atoms with Crippen LogP contribution in [0.3, 0.4) is 0 Å². The van der Waals surface area contributed by atoms with Crippen LogP contribution in [0.1, 0.15) is 50.8 Å². The van der Waals surface area contributed by atoms with Crippen LogP contribution in [0.5, 0.6) is 0 Å². The van der Waals surface area contributed by atoms with Gasteiger partial charge in [-0.2, -0.15) is 4.98 Å². The molecule has 0 amide bonds. The molecule has 3 atom stereocenters. The Morgan fingerprint density at radius 3 is 2.79 bits per heavy atom. The number of aliphatic imine (C=N–C) groups is 1. The van der Waals surface area contributed by atoms with Crippen molar-refractivity contribution in [2.45, 2.75) is 52.5 Å². The van der Waals surface area contributed by atoms with Gasteiger partial charge in [-0.05, 0) is 58.4 Å². The maximum absolute atomic E-state index is 9.43. The monoisotopic (exact) mass is 397 g/mol. The van der Waals surface area contributed by atoms with Gasteiger partial charge in [-0.3, -0.25) is 0 Å². The normalized spacial score (nSPS) is 23.2. The quantitative estimate of drug-likeness (QED) is 0.613. The van der Waals surface area contributed by atoms with Gasteiger partial charge in [0.25, 0.3) is 0 Å². The lowest BCUT2D eigenvalue weighted by molar-refractivity contribution is 0.224. The summed E-state index contributed by atoms with van der Waals surface area (Å²) in [6.07, 6.45) is 7.61. The van der Waals surface area contributed by atoms with E-state index in [1.807, 2.05) is 33.1 Å². The Bertz CT molecular complexity index is 824. The zero-order valence-corrected chi connectivity index (χ0v) is 17.5. The molecule has 0 radical (unpaired) electrons. The predicted molar refractivity (Wildman–Crippen MR) is 116 cm³/mol. The molecule has 1 aromatic heterocycles. The van der Waals surface area contributed by atoms with Gasteiger partial charge in [0, 0.05) is 25.4 Å². The SMILES string of the molecule is CCNc1nc(C)c(C#CC2C=NC(OCC)=CC2)c(N[C@H]2CC[C@@H](CO)C2)n1. The highest BCUT2D eigenvalue weighted by Crippen LogP contribution is 2.29. The molecule has 1 unspecified atom stereocenters. The van der Waals surface area contributed by atoms with Gasteiger partial charge in [-0.1, -0.05) is 11.8 Å². The maximum Gasteiger partial charge on any atom is 0.224 e. The van der Waals surface area contributed by atoms with Crippen LogP contribution in [0.4, 0.5) is 11.8 Å². The van der Waals surface area contributed by atoms with Crippen LogP contribution < -0.4 is 10.6 Å². The minimum absolute atomic E-state index is 0.0464. The predicted octanol–water partition coefficient (Wildman–Crippen LogP) is 3.11. The van der Waals surface area contributed by atoms with Crippen LogP contribution in [0, 0.1) is 30.6 Å². The lowest BCUT2D eigenvalue weighted by Gasteiger charge is -2.17. The van der Waals surface area contributed by atoms with Crippen molar-refractivity contribution in [3.05, 3.63) is 23.2 Å². The second kappa shape index (κ2) is 10.3. The van der Waals surface area contributed by atoms with Gasteiger partial charge in [0.1, 0.15) is 5.82 Å². The highest BCUT2D eigenvalue weighted by molar-refractivity contribution is 5.69. The third kappa shape index (κ3) is 5.70. The lowest BCUT2D eigenvalue weighted by Crippen LogP contribution is -2.19. The first-order valence-electron chi connectivity index (χ1n) is 10.5. The van der Waals surface area contributed by atoms with Crippen LogP contribution >= 0.6 is 0 Å². The van der Waals surface area contributed by atoms with Gasteiger partial charge in [0.2, 0.25) is 11.8 Å². The first-order valence-corrected chi connectivity index (χ1v) is 10.5. The molecule has 7 nitrogen and oxygen atoms in total. The van der Waals surface area contributed by atoms with Gasteiger partial charge >= 0.3 is 0 Å². The summed E-state index contributed by atoms with van der Waals surface area (Å²) in [4.78, 5) is 13.6. The first-order chi connectivity index (χ1) is 14.1. The molecule has 0 aromatic carbocycles. The largest absolute Gasteiger partial charge is 0.478 e. The van der Waals surface area contributed by atoms with E-state index < -0.39 is 0 Å². The summed E-state index contributed by atoms with van der Waals surface area (Å²) in [5, 5.41) is 16.2. The average molecular weight is 398 g/mol. The first kappa shape index (κ1) is 21.1. The molecule has 1 fully saturated rings. The van der Waals surface area contributed by atoms with Crippen LogP contribution in [-0.4, -0.2) is 47.1 Å². The smallest absolute Gasteiger partial charge is 0.224 e. The number of rotatable bonds is 7. The van der Waals surface area contributed by atoms with Crippen molar-refractivity contribution < 1.29 is 9.84 Å². The molecule has 0 spiro atoms. The van der Waals surface area contributed by atoms with Gasteiger partial charge in [0.15, 0.2) is 0 Å². The number of aryl methyl sites for hydroxylation is 1. The van der Waals surface area contributed by atoms with E-state index in [0.717, 1.165) is 49.3 Å². The fourth-order valence-corrected chi connectivity index (χ4v) is 3.64. The molecule has 2 aliphatic rings. The number of hydrogen-bond acceptors (Lipinski definition) is 7. The van der Waals surface area contributed by atoms with E-state index in [2.05, 4.69) is 37.4 Å². The third-order valence-corrected chi connectivity index (χ3v) is 5.17. The fourth-order valence-electron chi connectivity index (χ4n) is 3.64. The molecule has 3 rings (SSSR count). The van der Waals surface area contributed by atoms with Crippen molar-refractivity contribution in [1.29, 1.82) is 0 Å². The molecule has 1 aliphatic carbocycles. The van der Waals surface area contributed by atoms with E-state index >= 15 is 0 Å². The van der Waals surface area contributed by atoms with Gasteiger partial charge in [0.05, 0.1) is 23.8 Å². The van der Waals surface area contributed by atoms with Crippen molar-refractivity contribution in [2.24, 2.45) is 16.8 Å². The topological polar surface area (TPSA) is 91.7 Å². The second-order valence-electron chi connectivity index (χ2n) is 7.45. The van der Waals surface area contributed by atoms with Crippen molar-refractivity contribution >= 4 is 18.0 Å². The number of aliphatic hydroxyl groups excluding tert-OH is 1. The van der Waals surface area contributed by atoms with Crippen LogP contribution in [0.25, 0.3) is 0 Å². The maximum atomic E-state index is 9.43. The average Bonchev–Trinajstić information content (AvgIpc) is 3.17. The van der Waals surface area contributed by atoms with E-state index in [1.54, 1.807) is 0 Å². The number of aromatic nitrogens is 2. The van der Waals surface area contributed by atoms with Crippen LogP contribution in [0.2, 0.25) is 0 Å². The van der Waals surface area contributed by atoms with E-state index in [0.29, 0.717) is 30.4 Å². The molecule has 3 N–H and O–H groups in total. The summed E-state index contributed by atoms with van der Waals surface area (Å²) >= 11 is 0. The zero-order valence-electron chi connectivity index (χ0n) is 17.5. The summed E-state index contributed by atoms with van der Waals surface area (Å²) in [6.45, 7) is 7.55. The lowest BCUT2D eigenvalue weighted by atomic mass is 10.0. The van der Waals surface area contributed by atoms with E-state index in [4.69, 9.17) is 4.74 Å². The molecule has 1 aromatic rings.